The molecule has 3 aromatic rings. The summed E-state index contributed by atoms with van der Waals surface area (Å²) in [6, 6.07) is 23.8. The third-order valence-corrected chi connectivity index (χ3v) is 3.99. The highest BCUT2D eigenvalue weighted by Crippen LogP contribution is 2.20. The molecule has 1 amide bonds. The maximum absolute atomic E-state index is 12.9. The average molecular weight is 361 g/mol. The van der Waals surface area contributed by atoms with Gasteiger partial charge in [0.2, 0.25) is 0 Å². The van der Waals surface area contributed by atoms with Crippen molar-refractivity contribution in [1.82, 2.24) is 10.9 Å². The summed E-state index contributed by atoms with van der Waals surface area (Å²) in [5.74, 6) is -0.581. The molecule has 27 heavy (non-hydrogen) atoms. The van der Waals surface area contributed by atoms with Gasteiger partial charge in [-0.25, -0.2) is 4.39 Å². The van der Waals surface area contributed by atoms with Gasteiger partial charge >= 0.3 is 0 Å². The molecular weight excluding hydrogens is 341 g/mol. The van der Waals surface area contributed by atoms with Crippen LogP contribution in [0.1, 0.15) is 5.56 Å². The zero-order chi connectivity index (χ0) is 19.1. The normalized spacial score (nSPS) is 10.1. The minimum atomic E-state index is -0.318. The van der Waals surface area contributed by atoms with Crippen LogP contribution in [0.2, 0.25) is 0 Å². The van der Waals surface area contributed by atoms with Crippen LogP contribution in [0.25, 0.3) is 16.8 Å². The Morgan fingerprint density at radius 2 is 1.44 bits per heavy atom. The Bertz CT molecular complexity index is 907. The van der Waals surface area contributed by atoms with E-state index in [9.17, 15) is 9.18 Å². The van der Waals surface area contributed by atoms with E-state index in [4.69, 9.17) is 0 Å². The van der Waals surface area contributed by atoms with Crippen LogP contribution in [0.15, 0.2) is 85.4 Å². The summed E-state index contributed by atoms with van der Waals surface area (Å²) < 4.78 is 12.9. The molecule has 3 N–H and O–H groups in total. The minimum absolute atomic E-state index is 0.0544. The molecular formula is C22H20FN3O. The van der Waals surface area contributed by atoms with Gasteiger partial charge in [-0.1, -0.05) is 61.2 Å². The van der Waals surface area contributed by atoms with Crippen LogP contribution >= 0.6 is 0 Å². The first-order chi connectivity index (χ1) is 13.1. The lowest BCUT2D eigenvalue weighted by atomic mass is 10.0. The second-order valence-corrected chi connectivity index (χ2v) is 5.96. The zero-order valence-corrected chi connectivity index (χ0v) is 14.7. The average Bonchev–Trinajstić information content (AvgIpc) is 2.72. The first-order valence-corrected chi connectivity index (χ1v) is 8.51. The molecule has 0 radical (unpaired) electrons. The first-order valence-electron chi connectivity index (χ1n) is 8.51. The van der Waals surface area contributed by atoms with Crippen LogP contribution in [0.3, 0.4) is 0 Å². The Labute approximate surface area is 157 Å². The van der Waals surface area contributed by atoms with E-state index in [-0.39, 0.29) is 18.3 Å². The van der Waals surface area contributed by atoms with E-state index in [1.54, 1.807) is 12.1 Å². The topological polar surface area (TPSA) is 53.2 Å². The molecule has 0 atom stereocenters. The van der Waals surface area contributed by atoms with Crippen LogP contribution in [0.5, 0.6) is 0 Å². The summed E-state index contributed by atoms with van der Waals surface area (Å²) in [7, 11) is 0. The zero-order valence-electron chi connectivity index (χ0n) is 14.7. The smallest absolute Gasteiger partial charge is 0.257 e. The van der Waals surface area contributed by atoms with Crippen LogP contribution in [-0.2, 0) is 4.79 Å². The molecule has 0 saturated carbocycles. The second kappa shape index (κ2) is 8.67. The largest absolute Gasteiger partial charge is 0.376 e. The number of hydrogen-bond acceptors (Lipinski definition) is 3. The Hall–Kier alpha value is -3.60. The maximum Gasteiger partial charge on any atom is 0.257 e. The molecule has 0 fully saturated rings. The van der Waals surface area contributed by atoms with E-state index in [1.165, 1.54) is 12.1 Å². The molecule has 0 spiro atoms. The summed E-state index contributed by atoms with van der Waals surface area (Å²) in [6.45, 7) is 3.99. The van der Waals surface area contributed by atoms with Gasteiger partial charge in [-0.05, 0) is 41.0 Å². The highest BCUT2D eigenvalue weighted by atomic mass is 19.1. The van der Waals surface area contributed by atoms with Gasteiger partial charge in [0.05, 0.1) is 12.2 Å². The van der Waals surface area contributed by atoms with Crippen LogP contribution in [-0.4, -0.2) is 12.5 Å². The second-order valence-electron chi connectivity index (χ2n) is 5.96. The van der Waals surface area contributed by atoms with Gasteiger partial charge in [0, 0.05) is 5.69 Å². The van der Waals surface area contributed by atoms with Crippen molar-refractivity contribution in [2.75, 3.05) is 11.9 Å². The number of rotatable bonds is 7. The van der Waals surface area contributed by atoms with E-state index in [0.29, 0.717) is 11.4 Å². The number of halogens is 1. The number of hydrogen-bond donors (Lipinski definition) is 3. The Morgan fingerprint density at radius 3 is 2.11 bits per heavy atom. The van der Waals surface area contributed by atoms with Gasteiger partial charge in [0.25, 0.3) is 5.91 Å². The van der Waals surface area contributed by atoms with E-state index in [1.807, 2.05) is 42.5 Å². The number of hydrazine groups is 1. The number of carbonyl (C=O) groups is 1. The Morgan fingerprint density at radius 1 is 0.815 bits per heavy atom. The summed E-state index contributed by atoms with van der Waals surface area (Å²) in [4.78, 5) is 11.9. The first kappa shape index (κ1) is 18.2. The van der Waals surface area contributed by atoms with Gasteiger partial charge in [0.1, 0.15) is 5.82 Å². The molecule has 3 rings (SSSR count). The van der Waals surface area contributed by atoms with Gasteiger partial charge in [-0.3, -0.25) is 15.6 Å². The van der Waals surface area contributed by atoms with E-state index in [2.05, 4.69) is 34.9 Å². The third kappa shape index (κ3) is 5.19. The molecule has 0 aromatic heterocycles. The molecule has 136 valence electrons. The van der Waals surface area contributed by atoms with Crippen molar-refractivity contribution >= 4 is 17.3 Å². The fourth-order valence-electron chi connectivity index (χ4n) is 2.51. The number of benzene rings is 3. The third-order valence-electron chi connectivity index (χ3n) is 3.99. The minimum Gasteiger partial charge on any atom is -0.376 e. The van der Waals surface area contributed by atoms with Crippen molar-refractivity contribution in [3.8, 4) is 11.1 Å². The highest BCUT2D eigenvalue weighted by Gasteiger charge is 2.04. The number of carbonyl (C=O) groups excluding carboxylic acids is 1. The Balaban J connectivity index is 1.48. The van der Waals surface area contributed by atoms with Gasteiger partial charge in [-0.2, -0.15) is 0 Å². The van der Waals surface area contributed by atoms with Crippen molar-refractivity contribution in [3.63, 3.8) is 0 Å². The molecule has 4 nitrogen and oxygen atoms in total. The van der Waals surface area contributed by atoms with E-state index >= 15 is 0 Å². The summed E-state index contributed by atoms with van der Waals surface area (Å²) >= 11 is 0. The van der Waals surface area contributed by atoms with Crippen LogP contribution in [0, 0.1) is 5.82 Å². The van der Waals surface area contributed by atoms with E-state index in [0.717, 1.165) is 16.7 Å². The lowest BCUT2D eigenvalue weighted by Gasteiger charge is -2.12. The molecule has 0 bridgehead atoms. The van der Waals surface area contributed by atoms with Gasteiger partial charge in [-0.15, -0.1) is 0 Å². The summed E-state index contributed by atoms with van der Waals surface area (Å²) in [6.07, 6.45) is 0. The molecule has 0 aliphatic heterocycles. The fraction of sp³-hybridized carbons (Fsp3) is 0.0455. The fourth-order valence-corrected chi connectivity index (χ4v) is 2.51. The molecule has 0 heterocycles. The summed E-state index contributed by atoms with van der Waals surface area (Å²) in [5, 5.41) is 2.91. The number of nitrogens with one attached hydrogen (secondary N) is 3. The van der Waals surface area contributed by atoms with Crippen molar-refractivity contribution in [3.05, 3.63) is 96.8 Å². The van der Waals surface area contributed by atoms with Gasteiger partial charge in [0.15, 0.2) is 0 Å². The lowest BCUT2D eigenvalue weighted by molar-refractivity contribution is -0.120. The number of anilines is 1. The molecule has 0 unspecified atom stereocenters. The molecule has 3 aromatic carbocycles. The number of amides is 1. The Kier molecular flexibility index (Phi) is 5.84. The van der Waals surface area contributed by atoms with Crippen LogP contribution < -0.4 is 16.2 Å². The SMILES string of the molecule is C=C(NNC(=O)CNc1ccc(F)cc1)c1ccc(-c2ccccc2)cc1. The predicted octanol–water partition coefficient (Wildman–Crippen LogP) is 4.20. The molecule has 0 aliphatic carbocycles. The summed E-state index contributed by atoms with van der Waals surface area (Å²) in [5.41, 5.74) is 9.78. The standard InChI is InChI=1S/C22H20FN3O/c1-16(17-7-9-19(10-8-17)18-5-3-2-4-6-18)25-26-22(27)15-24-21-13-11-20(23)12-14-21/h2-14,24-25H,1,15H2,(H,26,27). The molecule has 0 aliphatic rings. The van der Waals surface area contributed by atoms with E-state index < -0.39 is 0 Å². The lowest BCUT2D eigenvalue weighted by Crippen LogP contribution is -2.39. The molecule has 0 saturated heterocycles. The van der Waals surface area contributed by atoms with Crippen molar-refractivity contribution in [2.24, 2.45) is 0 Å². The van der Waals surface area contributed by atoms with Crippen LogP contribution in [0.4, 0.5) is 10.1 Å². The molecule has 5 heteroatoms. The maximum atomic E-state index is 12.9. The highest BCUT2D eigenvalue weighted by molar-refractivity contribution is 5.81. The quantitative estimate of drug-likeness (QED) is 0.553. The monoisotopic (exact) mass is 361 g/mol. The predicted molar refractivity (Wildman–Crippen MR) is 107 cm³/mol. The van der Waals surface area contributed by atoms with Gasteiger partial charge < -0.3 is 5.32 Å². The van der Waals surface area contributed by atoms with Crippen molar-refractivity contribution < 1.29 is 9.18 Å². The van der Waals surface area contributed by atoms with Crippen molar-refractivity contribution in [1.29, 1.82) is 0 Å². The van der Waals surface area contributed by atoms with Crippen molar-refractivity contribution in [2.45, 2.75) is 0 Å².